The van der Waals surface area contributed by atoms with Crippen molar-refractivity contribution in [2.45, 2.75) is 18.8 Å². The molecule has 7 heteroatoms. The van der Waals surface area contributed by atoms with Crippen molar-refractivity contribution in [3.8, 4) is 5.75 Å². The molecule has 4 nitrogen and oxygen atoms in total. The molecule has 1 aromatic rings. The van der Waals surface area contributed by atoms with Gasteiger partial charge >= 0.3 is 6.36 Å². The fourth-order valence-electron chi connectivity index (χ4n) is 3.47. The summed E-state index contributed by atoms with van der Waals surface area (Å²) in [6, 6.07) is 5.47. The molecule has 0 saturated carbocycles. The van der Waals surface area contributed by atoms with Crippen LogP contribution in [0.2, 0.25) is 0 Å². The van der Waals surface area contributed by atoms with Crippen LogP contribution in [-0.2, 0) is 4.79 Å². The van der Waals surface area contributed by atoms with E-state index in [9.17, 15) is 18.0 Å². The molecule has 2 aliphatic rings. The number of carbonyl (C=O) groups excluding carboxylic acids is 1. The van der Waals surface area contributed by atoms with Crippen molar-refractivity contribution in [3.63, 3.8) is 0 Å². The largest absolute Gasteiger partial charge is 0.573 e. The lowest BCUT2D eigenvalue weighted by molar-refractivity contribution is -0.274. The minimum absolute atomic E-state index is 0.233. The smallest absolute Gasteiger partial charge is 0.406 e. The zero-order valence-electron chi connectivity index (χ0n) is 11.8. The van der Waals surface area contributed by atoms with Crippen LogP contribution in [0.5, 0.6) is 5.75 Å². The van der Waals surface area contributed by atoms with Crippen LogP contribution < -0.4 is 15.0 Å². The maximum Gasteiger partial charge on any atom is 0.573 e. The first-order valence-corrected chi connectivity index (χ1v) is 7.26. The molecule has 0 aliphatic carbocycles. The molecule has 120 valence electrons. The minimum atomic E-state index is -4.69. The van der Waals surface area contributed by atoms with Crippen molar-refractivity contribution in [3.05, 3.63) is 24.3 Å². The Bertz CT molecular complexity index is 533. The van der Waals surface area contributed by atoms with Gasteiger partial charge in [0.25, 0.3) is 0 Å². The summed E-state index contributed by atoms with van der Waals surface area (Å²) in [5.74, 6) is 0.507. The number of hydrogen-bond acceptors (Lipinski definition) is 4. The summed E-state index contributed by atoms with van der Waals surface area (Å²) in [5, 5.41) is 3.30. The molecule has 2 fully saturated rings. The lowest BCUT2D eigenvalue weighted by Crippen LogP contribution is -2.50. The molecule has 3 rings (SSSR count). The van der Waals surface area contributed by atoms with Gasteiger partial charge in [0.1, 0.15) is 12.0 Å². The van der Waals surface area contributed by atoms with Crippen LogP contribution in [0.25, 0.3) is 0 Å². The number of rotatable bonds is 3. The fraction of sp³-hybridized carbons (Fsp3) is 0.533. The van der Waals surface area contributed by atoms with Crippen LogP contribution in [0, 0.1) is 11.8 Å². The van der Waals surface area contributed by atoms with E-state index in [0.717, 1.165) is 38.0 Å². The van der Waals surface area contributed by atoms with Gasteiger partial charge in [-0.1, -0.05) is 0 Å². The summed E-state index contributed by atoms with van der Waals surface area (Å²) in [6.07, 6.45) is -2.77. The van der Waals surface area contributed by atoms with Gasteiger partial charge < -0.3 is 19.7 Å². The number of carbonyl (C=O) groups is 1. The Labute approximate surface area is 126 Å². The van der Waals surface area contributed by atoms with Gasteiger partial charge in [-0.2, -0.15) is 0 Å². The lowest BCUT2D eigenvalue weighted by atomic mass is 9.82. The van der Waals surface area contributed by atoms with Crippen molar-refractivity contribution >= 4 is 12.0 Å². The van der Waals surface area contributed by atoms with E-state index in [0.29, 0.717) is 5.92 Å². The zero-order valence-corrected chi connectivity index (χ0v) is 11.8. The number of hydrogen-bond donors (Lipinski definition) is 1. The summed E-state index contributed by atoms with van der Waals surface area (Å²) in [4.78, 5) is 13.5. The molecular weight excluding hydrogens is 297 g/mol. The highest BCUT2D eigenvalue weighted by atomic mass is 19.4. The molecule has 0 amide bonds. The molecule has 3 unspecified atom stereocenters. The summed E-state index contributed by atoms with van der Waals surface area (Å²) >= 11 is 0. The number of nitrogens with zero attached hydrogens (tertiary/aromatic N) is 1. The Morgan fingerprint density at radius 1 is 1.23 bits per heavy atom. The van der Waals surface area contributed by atoms with E-state index in [1.165, 1.54) is 12.1 Å². The minimum Gasteiger partial charge on any atom is -0.406 e. The predicted octanol–water partition coefficient (Wildman–Crippen LogP) is 2.20. The lowest BCUT2D eigenvalue weighted by Gasteiger charge is -2.41. The number of anilines is 1. The zero-order chi connectivity index (χ0) is 15.7. The molecular formula is C15H17F3N2O2. The van der Waals surface area contributed by atoms with E-state index in [1.807, 2.05) is 4.90 Å². The number of nitrogens with one attached hydrogen (secondary N) is 1. The van der Waals surface area contributed by atoms with Gasteiger partial charge in [-0.3, -0.25) is 0 Å². The molecule has 0 radical (unpaired) electrons. The van der Waals surface area contributed by atoms with Gasteiger partial charge in [-0.05, 0) is 43.1 Å². The predicted molar refractivity (Wildman–Crippen MR) is 74.8 cm³/mol. The SMILES string of the molecule is O=CC1C2CNCC2CCN1c1ccc(OC(F)(F)F)cc1. The first-order chi connectivity index (χ1) is 10.5. The maximum absolute atomic E-state index is 12.2. The standard InChI is InChI=1S/C15H17F3N2O2/c16-15(17,18)22-12-3-1-11(2-4-12)20-6-5-10-7-19-8-13(10)14(20)9-21/h1-4,9-10,13-14,19H,5-8H2. The Morgan fingerprint density at radius 2 is 1.95 bits per heavy atom. The quantitative estimate of drug-likeness (QED) is 0.869. The van der Waals surface area contributed by atoms with Crippen molar-refractivity contribution in [1.29, 1.82) is 0 Å². The number of ether oxygens (including phenoxy) is 1. The van der Waals surface area contributed by atoms with Crippen LogP contribution in [0.4, 0.5) is 18.9 Å². The molecule has 2 heterocycles. The molecule has 22 heavy (non-hydrogen) atoms. The molecule has 2 saturated heterocycles. The van der Waals surface area contributed by atoms with E-state index in [1.54, 1.807) is 12.1 Å². The Morgan fingerprint density at radius 3 is 2.59 bits per heavy atom. The molecule has 1 N–H and O–H groups in total. The van der Waals surface area contributed by atoms with Gasteiger partial charge in [0.2, 0.25) is 0 Å². The number of alkyl halides is 3. The Hall–Kier alpha value is -1.76. The molecule has 3 atom stereocenters. The van der Waals surface area contributed by atoms with Crippen LogP contribution in [0.1, 0.15) is 6.42 Å². The van der Waals surface area contributed by atoms with E-state index < -0.39 is 6.36 Å². The topological polar surface area (TPSA) is 41.6 Å². The number of fused-ring (bicyclic) bond motifs is 1. The number of piperidine rings is 1. The molecule has 0 bridgehead atoms. The Kier molecular flexibility index (Phi) is 3.99. The first-order valence-electron chi connectivity index (χ1n) is 7.26. The third-order valence-electron chi connectivity index (χ3n) is 4.47. The average molecular weight is 314 g/mol. The van der Waals surface area contributed by atoms with Gasteiger partial charge in [0.15, 0.2) is 0 Å². The first kappa shape index (κ1) is 15.1. The van der Waals surface area contributed by atoms with Crippen molar-refractivity contribution in [1.82, 2.24) is 5.32 Å². The third kappa shape index (κ3) is 3.04. The van der Waals surface area contributed by atoms with Gasteiger partial charge in [0, 0.05) is 24.7 Å². The van der Waals surface area contributed by atoms with E-state index >= 15 is 0 Å². The maximum atomic E-state index is 12.2. The van der Waals surface area contributed by atoms with Crippen LogP contribution in [0.3, 0.4) is 0 Å². The van der Waals surface area contributed by atoms with Crippen molar-refractivity contribution in [2.75, 3.05) is 24.5 Å². The van der Waals surface area contributed by atoms with Crippen LogP contribution >= 0.6 is 0 Å². The normalized spacial score (nSPS) is 28.3. The third-order valence-corrected chi connectivity index (χ3v) is 4.47. The molecule has 0 spiro atoms. The van der Waals surface area contributed by atoms with Crippen LogP contribution in [-0.4, -0.2) is 38.3 Å². The van der Waals surface area contributed by atoms with Crippen LogP contribution in [0.15, 0.2) is 24.3 Å². The summed E-state index contributed by atoms with van der Waals surface area (Å²) in [7, 11) is 0. The number of aldehydes is 1. The fourth-order valence-corrected chi connectivity index (χ4v) is 3.47. The summed E-state index contributed by atoms with van der Waals surface area (Å²) in [6.45, 7) is 2.47. The van der Waals surface area contributed by atoms with Crippen molar-refractivity contribution in [2.24, 2.45) is 11.8 Å². The van der Waals surface area contributed by atoms with Gasteiger partial charge in [0.05, 0.1) is 6.04 Å². The molecule has 2 aliphatic heterocycles. The number of benzene rings is 1. The summed E-state index contributed by atoms with van der Waals surface area (Å²) in [5.41, 5.74) is 0.747. The van der Waals surface area contributed by atoms with Crippen molar-refractivity contribution < 1.29 is 22.7 Å². The highest BCUT2D eigenvalue weighted by molar-refractivity contribution is 5.68. The molecule has 0 aromatic heterocycles. The van der Waals surface area contributed by atoms with Gasteiger partial charge in [-0.25, -0.2) is 0 Å². The highest BCUT2D eigenvalue weighted by Crippen LogP contribution is 2.35. The second kappa shape index (κ2) is 5.79. The monoisotopic (exact) mass is 314 g/mol. The summed E-state index contributed by atoms with van der Waals surface area (Å²) < 4.78 is 40.4. The van der Waals surface area contributed by atoms with Gasteiger partial charge in [-0.15, -0.1) is 13.2 Å². The second-order valence-electron chi connectivity index (χ2n) is 5.73. The average Bonchev–Trinajstić information content (AvgIpc) is 2.94. The van der Waals surface area contributed by atoms with E-state index in [2.05, 4.69) is 10.1 Å². The van der Waals surface area contributed by atoms with E-state index in [-0.39, 0.29) is 17.7 Å². The second-order valence-corrected chi connectivity index (χ2v) is 5.73. The Balaban J connectivity index is 1.76. The van der Waals surface area contributed by atoms with E-state index in [4.69, 9.17) is 0 Å². The molecule has 1 aromatic carbocycles. The number of halogens is 3. The highest BCUT2D eigenvalue weighted by Gasteiger charge is 2.40.